The molecule has 0 radical (unpaired) electrons. The van der Waals surface area contributed by atoms with E-state index in [0.717, 1.165) is 30.5 Å². The Morgan fingerprint density at radius 2 is 1.88 bits per heavy atom. The first-order valence-electron chi connectivity index (χ1n) is 9.47. The summed E-state index contributed by atoms with van der Waals surface area (Å²) in [6, 6.07) is 6.05. The molecule has 142 valence electrons. The minimum absolute atomic E-state index is 0.136. The zero-order valence-corrected chi connectivity index (χ0v) is 15.9. The Morgan fingerprint density at radius 1 is 1.15 bits per heavy atom. The number of carbonyl (C=O) groups is 2. The van der Waals surface area contributed by atoms with Gasteiger partial charge in [0, 0.05) is 24.8 Å². The number of carbonyl (C=O) groups excluding carboxylic acids is 2. The number of ether oxygens (including phenoxy) is 1. The van der Waals surface area contributed by atoms with Gasteiger partial charge in [0.1, 0.15) is 5.60 Å². The third kappa shape index (κ3) is 4.90. The molecule has 1 fully saturated rings. The maximum Gasteiger partial charge on any atom is 0.410 e. The van der Waals surface area contributed by atoms with E-state index in [2.05, 4.69) is 10.6 Å². The summed E-state index contributed by atoms with van der Waals surface area (Å²) in [5.41, 5.74) is 2.58. The molecule has 3 rings (SSSR count). The molecule has 0 spiro atoms. The fourth-order valence-corrected chi connectivity index (χ4v) is 3.54. The molecule has 26 heavy (non-hydrogen) atoms. The molecule has 1 aromatic carbocycles. The second kappa shape index (κ2) is 7.56. The highest BCUT2D eigenvalue weighted by atomic mass is 16.6. The number of hydrogen-bond acceptors (Lipinski definition) is 3. The summed E-state index contributed by atoms with van der Waals surface area (Å²) in [5, 5.41) is 5.96. The Bertz CT molecular complexity index is 675. The predicted molar refractivity (Wildman–Crippen MR) is 101 cm³/mol. The summed E-state index contributed by atoms with van der Waals surface area (Å²) in [6.07, 6.45) is 5.00. The fraction of sp³-hybridized carbons (Fsp3) is 0.600. The lowest BCUT2D eigenvalue weighted by Crippen LogP contribution is -2.40. The number of fused-ring (bicyclic) bond motifs is 1. The van der Waals surface area contributed by atoms with Crippen molar-refractivity contribution in [2.45, 2.75) is 71.1 Å². The quantitative estimate of drug-likeness (QED) is 0.837. The summed E-state index contributed by atoms with van der Waals surface area (Å²) in [5.74, 6) is 0. The van der Waals surface area contributed by atoms with Gasteiger partial charge in [-0.15, -0.1) is 0 Å². The van der Waals surface area contributed by atoms with Crippen LogP contribution in [0.2, 0.25) is 0 Å². The molecular weight excluding hydrogens is 330 g/mol. The van der Waals surface area contributed by atoms with Gasteiger partial charge >= 0.3 is 12.1 Å². The van der Waals surface area contributed by atoms with Crippen molar-refractivity contribution in [2.24, 2.45) is 0 Å². The number of anilines is 1. The van der Waals surface area contributed by atoms with Crippen LogP contribution in [0.3, 0.4) is 0 Å². The van der Waals surface area contributed by atoms with Crippen molar-refractivity contribution >= 4 is 17.8 Å². The van der Waals surface area contributed by atoms with E-state index in [1.165, 1.54) is 18.4 Å². The van der Waals surface area contributed by atoms with Crippen LogP contribution >= 0.6 is 0 Å². The molecule has 0 unspecified atom stereocenters. The smallest absolute Gasteiger partial charge is 0.410 e. The van der Waals surface area contributed by atoms with Crippen molar-refractivity contribution in [2.75, 3.05) is 11.9 Å². The molecule has 1 aromatic rings. The summed E-state index contributed by atoms with van der Waals surface area (Å²) in [6.45, 7) is 6.78. The van der Waals surface area contributed by atoms with Crippen LogP contribution in [-0.2, 0) is 17.7 Å². The van der Waals surface area contributed by atoms with E-state index in [9.17, 15) is 9.59 Å². The monoisotopic (exact) mass is 359 g/mol. The lowest BCUT2D eigenvalue weighted by molar-refractivity contribution is 0.0224. The van der Waals surface area contributed by atoms with Gasteiger partial charge in [-0.3, -0.25) is 0 Å². The summed E-state index contributed by atoms with van der Waals surface area (Å²) < 4.78 is 5.45. The van der Waals surface area contributed by atoms with Gasteiger partial charge in [0.25, 0.3) is 0 Å². The summed E-state index contributed by atoms with van der Waals surface area (Å²) in [7, 11) is 0. The molecule has 2 aliphatic rings. The first kappa shape index (κ1) is 18.5. The molecular formula is C20H29N3O3. The van der Waals surface area contributed by atoms with Gasteiger partial charge in [-0.25, -0.2) is 9.59 Å². The Labute approximate surface area is 155 Å². The van der Waals surface area contributed by atoms with E-state index in [4.69, 9.17) is 4.74 Å². The normalized spacial score (nSPS) is 17.6. The minimum atomic E-state index is -0.488. The van der Waals surface area contributed by atoms with Crippen LogP contribution < -0.4 is 10.6 Å². The molecule has 1 aliphatic heterocycles. The molecule has 2 N–H and O–H groups in total. The van der Waals surface area contributed by atoms with Crippen LogP contribution in [0.1, 0.15) is 57.6 Å². The molecule has 3 amide bonds. The van der Waals surface area contributed by atoms with E-state index >= 15 is 0 Å². The van der Waals surface area contributed by atoms with Crippen LogP contribution in [0.15, 0.2) is 18.2 Å². The number of benzene rings is 1. The largest absolute Gasteiger partial charge is 0.444 e. The first-order valence-corrected chi connectivity index (χ1v) is 9.47. The van der Waals surface area contributed by atoms with Gasteiger partial charge < -0.3 is 20.3 Å². The van der Waals surface area contributed by atoms with Gasteiger partial charge in [0.2, 0.25) is 0 Å². The minimum Gasteiger partial charge on any atom is -0.444 e. The number of nitrogens with one attached hydrogen (secondary N) is 2. The van der Waals surface area contributed by atoms with E-state index in [1.54, 1.807) is 4.90 Å². The lowest BCUT2D eigenvalue weighted by Gasteiger charge is -2.31. The number of nitrogens with zero attached hydrogens (tertiary/aromatic N) is 1. The van der Waals surface area contributed by atoms with Crippen molar-refractivity contribution in [3.05, 3.63) is 29.3 Å². The van der Waals surface area contributed by atoms with Gasteiger partial charge in [-0.2, -0.15) is 0 Å². The van der Waals surface area contributed by atoms with Crippen molar-refractivity contribution in [3.63, 3.8) is 0 Å². The average Bonchev–Trinajstić information content (AvgIpc) is 3.05. The highest BCUT2D eigenvalue weighted by Crippen LogP contribution is 2.24. The molecule has 1 saturated carbocycles. The molecule has 6 nitrogen and oxygen atoms in total. The van der Waals surface area contributed by atoms with Crippen LogP contribution in [0.25, 0.3) is 0 Å². The fourth-order valence-electron chi connectivity index (χ4n) is 3.54. The summed E-state index contributed by atoms with van der Waals surface area (Å²) in [4.78, 5) is 26.1. The molecule has 0 aromatic heterocycles. The number of hydrogen-bond donors (Lipinski definition) is 2. The van der Waals surface area contributed by atoms with Crippen molar-refractivity contribution in [1.82, 2.24) is 10.2 Å². The van der Waals surface area contributed by atoms with Gasteiger partial charge in [0.05, 0.1) is 0 Å². The topological polar surface area (TPSA) is 70.7 Å². The van der Waals surface area contributed by atoms with Crippen molar-refractivity contribution in [1.29, 1.82) is 0 Å². The predicted octanol–water partition coefficient (Wildman–Crippen LogP) is 4.04. The third-order valence-corrected chi connectivity index (χ3v) is 4.82. The Balaban J connectivity index is 1.58. The Kier molecular flexibility index (Phi) is 5.39. The third-order valence-electron chi connectivity index (χ3n) is 4.82. The lowest BCUT2D eigenvalue weighted by atomic mass is 9.99. The van der Waals surface area contributed by atoms with Crippen molar-refractivity contribution in [3.8, 4) is 0 Å². The van der Waals surface area contributed by atoms with Gasteiger partial charge in [-0.05, 0) is 63.3 Å². The van der Waals surface area contributed by atoms with Crippen LogP contribution in [-0.4, -0.2) is 35.2 Å². The second-order valence-electron chi connectivity index (χ2n) is 8.22. The number of rotatable bonds is 2. The Hall–Kier alpha value is -2.24. The average molecular weight is 359 g/mol. The Morgan fingerprint density at radius 3 is 2.58 bits per heavy atom. The van der Waals surface area contributed by atoms with E-state index in [1.807, 2.05) is 39.0 Å². The SMILES string of the molecule is CC(C)(C)OC(=O)N1CCc2cc(NC(=O)NC3CCCC3)ccc2C1. The molecule has 0 bridgehead atoms. The molecule has 0 saturated heterocycles. The zero-order valence-electron chi connectivity index (χ0n) is 15.9. The van der Waals surface area contributed by atoms with Gasteiger partial charge in [-0.1, -0.05) is 18.9 Å². The van der Waals surface area contributed by atoms with Crippen LogP contribution in [0, 0.1) is 0 Å². The maximum absolute atomic E-state index is 12.2. The highest BCUT2D eigenvalue weighted by Gasteiger charge is 2.26. The van der Waals surface area contributed by atoms with Crippen molar-refractivity contribution < 1.29 is 14.3 Å². The standard InChI is InChI=1S/C20H29N3O3/c1-20(2,3)26-19(25)23-11-10-14-12-17(9-8-15(14)13-23)22-18(24)21-16-6-4-5-7-16/h8-9,12,16H,4-7,10-11,13H2,1-3H3,(H2,21,22,24). The van der Waals surface area contributed by atoms with Gasteiger partial charge in [0.15, 0.2) is 0 Å². The molecule has 1 heterocycles. The number of amides is 3. The van der Waals surface area contributed by atoms with Crippen LogP contribution in [0.5, 0.6) is 0 Å². The van der Waals surface area contributed by atoms with E-state index in [0.29, 0.717) is 19.1 Å². The van der Waals surface area contributed by atoms with E-state index < -0.39 is 5.60 Å². The highest BCUT2D eigenvalue weighted by molar-refractivity contribution is 5.89. The molecule has 0 atom stereocenters. The first-order chi connectivity index (χ1) is 12.3. The maximum atomic E-state index is 12.2. The molecule has 1 aliphatic carbocycles. The van der Waals surface area contributed by atoms with E-state index in [-0.39, 0.29) is 12.1 Å². The number of urea groups is 1. The summed E-state index contributed by atoms with van der Waals surface area (Å²) >= 11 is 0. The second-order valence-corrected chi connectivity index (χ2v) is 8.22. The van der Waals surface area contributed by atoms with Crippen LogP contribution in [0.4, 0.5) is 15.3 Å². The zero-order chi connectivity index (χ0) is 18.7. The molecule has 6 heteroatoms.